The van der Waals surface area contributed by atoms with Gasteiger partial charge in [0.25, 0.3) is 5.91 Å². The number of aryl methyl sites for hydroxylation is 1. The van der Waals surface area contributed by atoms with Crippen molar-refractivity contribution < 1.29 is 18.7 Å². The summed E-state index contributed by atoms with van der Waals surface area (Å²) < 4.78 is 22.6. The highest BCUT2D eigenvalue weighted by Crippen LogP contribution is 2.35. The summed E-state index contributed by atoms with van der Waals surface area (Å²) in [5.41, 5.74) is 10.4. The number of nitrogens with zero attached hydrogens (tertiary/aromatic N) is 4. The Hall–Kier alpha value is -4.53. The maximum atomic E-state index is 15.6. The van der Waals surface area contributed by atoms with Crippen molar-refractivity contribution in [2.45, 2.75) is 32.7 Å². The van der Waals surface area contributed by atoms with Gasteiger partial charge in [0.2, 0.25) is 5.91 Å². The normalized spacial score (nSPS) is 16.4. The third kappa shape index (κ3) is 3.82. The van der Waals surface area contributed by atoms with Crippen LogP contribution in [0.5, 0.6) is 5.75 Å². The lowest BCUT2D eigenvalue weighted by atomic mass is 9.93. The highest BCUT2D eigenvalue weighted by atomic mass is 19.1. The average molecular weight is 512 g/mol. The Balaban J connectivity index is 1.39. The lowest BCUT2D eigenvalue weighted by molar-refractivity contribution is -0.114. The van der Waals surface area contributed by atoms with Crippen molar-refractivity contribution >= 4 is 23.5 Å². The zero-order valence-corrected chi connectivity index (χ0v) is 21.1. The van der Waals surface area contributed by atoms with Crippen molar-refractivity contribution in [2.24, 2.45) is 5.73 Å². The van der Waals surface area contributed by atoms with Crippen LogP contribution in [0.1, 0.15) is 52.6 Å². The number of nitrogens with two attached hydrogens (primary N) is 1. The zero-order chi connectivity index (χ0) is 26.6. The van der Waals surface area contributed by atoms with Crippen LogP contribution >= 0.6 is 0 Å². The molecule has 2 aromatic carbocycles. The van der Waals surface area contributed by atoms with Crippen LogP contribution in [0.4, 0.5) is 4.39 Å². The van der Waals surface area contributed by atoms with E-state index in [4.69, 9.17) is 10.5 Å². The molecule has 9 heteroatoms. The number of benzene rings is 2. The Morgan fingerprint density at radius 3 is 2.82 bits per heavy atom. The maximum absolute atomic E-state index is 15.6. The van der Waals surface area contributed by atoms with Gasteiger partial charge in [-0.3, -0.25) is 9.59 Å². The van der Waals surface area contributed by atoms with E-state index in [1.54, 1.807) is 28.9 Å². The van der Waals surface area contributed by atoms with Crippen LogP contribution in [0.25, 0.3) is 23.0 Å². The van der Waals surface area contributed by atoms with Gasteiger partial charge in [0, 0.05) is 12.1 Å². The van der Waals surface area contributed by atoms with Crippen molar-refractivity contribution in [3.05, 3.63) is 88.0 Å². The molecule has 0 spiro atoms. The minimum absolute atomic E-state index is 0.00269. The molecule has 38 heavy (non-hydrogen) atoms. The van der Waals surface area contributed by atoms with Crippen LogP contribution in [0.15, 0.2) is 54.2 Å². The smallest absolute Gasteiger partial charge is 0.274 e. The van der Waals surface area contributed by atoms with Gasteiger partial charge in [-0.05, 0) is 60.7 Å². The van der Waals surface area contributed by atoms with Gasteiger partial charge in [-0.25, -0.2) is 13.9 Å². The third-order valence-electron chi connectivity index (χ3n) is 7.39. The SMILES string of the molecule is CCc1cc(C(=O)N2CCc3ccccc3C2C)nn2cc(-c3ccc4c(c3F)C=C(C(N)=O)CO4)nc12. The number of halogens is 1. The molecule has 0 radical (unpaired) electrons. The van der Waals surface area contributed by atoms with Crippen LogP contribution in [-0.4, -0.2) is 44.5 Å². The molecule has 1 atom stereocenters. The largest absolute Gasteiger partial charge is 0.488 e. The first kappa shape index (κ1) is 23.8. The first-order chi connectivity index (χ1) is 18.4. The molecule has 0 saturated carbocycles. The number of primary amides is 1. The summed E-state index contributed by atoms with van der Waals surface area (Å²) in [4.78, 5) is 31.7. The number of carbonyl (C=O) groups is 2. The molecule has 0 aliphatic carbocycles. The van der Waals surface area contributed by atoms with Crippen molar-refractivity contribution in [2.75, 3.05) is 13.2 Å². The third-order valence-corrected chi connectivity index (χ3v) is 7.39. The molecule has 1 unspecified atom stereocenters. The lowest BCUT2D eigenvalue weighted by Gasteiger charge is -2.35. The summed E-state index contributed by atoms with van der Waals surface area (Å²) >= 11 is 0. The van der Waals surface area contributed by atoms with E-state index < -0.39 is 11.7 Å². The molecule has 2 aromatic heterocycles. The monoisotopic (exact) mass is 511 g/mol. The Morgan fingerprint density at radius 1 is 1.21 bits per heavy atom. The minimum Gasteiger partial charge on any atom is -0.488 e. The van der Waals surface area contributed by atoms with E-state index in [1.165, 1.54) is 11.6 Å². The molecule has 0 saturated heterocycles. The lowest BCUT2D eigenvalue weighted by Crippen LogP contribution is -2.39. The van der Waals surface area contributed by atoms with Gasteiger partial charge >= 0.3 is 0 Å². The zero-order valence-electron chi connectivity index (χ0n) is 21.1. The topological polar surface area (TPSA) is 103 Å². The van der Waals surface area contributed by atoms with Gasteiger partial charge < -0.3 is 15.4 Å². The number of fused-ring (bicyclic) bond motifs is 3. The van der Waals surface area contributed by atoms with E-state index in [1.807, 2.05) is 30.9 Å². The first-order valence-electron chi connectivity index (χ1n) is 12.6. The fourth-order valence-corrected chi connectivity index (χ4v) is 5.28. The molecule has 2 aliphatic heterocycles. The van der Waals surface area contributed by atoms with E-state index in [0.717, 1.165) is 17.5 Å². The van der Waals surface area contributed by atoms with E-state index in [-0.39, 0.29) is 35.3 Å². The Kier molecular flexibility index (Phi) is 5.71. The van der Waals surface area contributed by atoms with E-state index in [2.05, 4.69) is 22.2 Å². The molecule has 2 aliphatic rings. The first-order valence-corrected chi connectivity index (χ1v) is 12.6. The van der Waals surface area contributed by atoms with E-state index in [9.17, 15) is 9.59 Å². The van der Waals surface area contributed by atoms with Crippen LogP contribution in [-0.2, 0) is 17.6 Å². The highest BCUT2D eigenvalue weighted by molar-refractivity contribution is 5.98. The number of hydrogen-bond acceptors (Lipinski definition) is 5. The van der Waals surface area contributed by atoms with Crippen LogP contribution in [0.2, 0.25) is 0 Å². The predicted molar refractivity (Wildman–Crippen MR) is 140 cm³/mol. The highest BCUT2D eigenvalue weighted by Gasteiger charge is 2.30. The van der Waals surface area contributed by atoms with Gasteiger partial charge in [0.1, 0.15) is 23.9 Å². The summed E-state index contributed by atoms with van der Waals surface area (Å²) in [6.07, 6.45) is 4.44. The molecule has 0 bridgehead atoms. The van der Waals surface area contributed by atoms with E-state index in [0.29, 0.717) is 35.8 Å². The summed E-state index contributed by atoms with van der Waals surface area (Å²) in [7, 11) is 0. The number of ether oxygens (including phenoxy) is 1. The van der Waals surface area contributed by atoms with Crippen molar-refractivity contribution in [3.63, 3.8) is 0 Å². The predicted octanol–water partition coefficient (Wildman–Crippen LogP) is 4.12. The standard InChI is InChI=1S/C29H26FN5O3/c1-3-17-13-23(29(37)34-11-10-18-6-4-5-7-20(18)16(34)2)33-35-14-24(32-28(17)35)21-8-9-25-22(26(21)30)12-19(15-38-25)27(31)36/h4-9,12-14,16H,3,10-11,15H2,1-2H3,(H2,31,36). The second-order valence-electron chi connectivity index (χ2n) is 9.59. The number of aromatic nitrogens is 3. The number of carbonyl (C=O) groups excluding carboxylic acids is 2. The van der Waals surface area contributed by atoms with Crippen LogP contribution in [0, 0.1) is 5.82 Å². The fraction of sp³-hybridized carbons (Fsp3) is 0.241. The van der Waals surface area contributed by atoms with Gasteiger partial charge in [0.15, 0.2) is 5.65 Å². The summed E-state index contributed by atoms with van der Waals surface area (Å²) in [5.74, 6) is -1.05. The van der Waals surface area contributed by atoms with Gasteiger partial charge in [-0.2, -0.15) is 5.10 Å². The van der Waals surface area contributed by atoms with E-state index >= 15 is 4.39 Å². The molecule has 8 nitrogen and oxygen atoms in total. The van der Waals surface area contributed by atoms with Gasteiger partial charge in [0.05, 0.1) is 29.1 Å². The quantitative estimate of drug-likeness (QED) is 0.444. The minimum atomic E-state index is -0.659. The average Bonchev–Trinajstić information content (AvgIpc) is 3.36. The molecule has 2 amide bonds. The van der Waals surface area contributed by atoms with Crippen LogP contribution in [0.3, 0.4) is 0 Å². The van der Waals surface area contributed by atoms with Gasteiger partial charge in [-0.15, -0.1) is 0 Å². The molecule has 192 valence electrons. The Bertz CT molecular complexity index is 1660. The molecule has 4 aromatic rings. The summed E-state index contributed by atoms with van der Waals surface area (Å²) in [5, 5.41) is 4.59. The number of rotatable bonds is 4. The number of imidazole rings is 1. The molecular formula is C29H26FN5O3. The second-order valence-corrected chi connectivity index (χ2v) is 9.59. The number of hydrogen-bond donors (Lipinski definition) is 1. The molecule has 2 N–H and O–H groups in total. The molecule has 4 heterocycles. The van der Waals surface area contributed by atoms with Crippen LogP contribution < -0.4 is 10.5 Å². The summed E-state index contributed by atoms with van der Waals surface area (Å²) in [6.45, 7) is 4.61. The molecular weight excluding hydrogens is 485 g/mol. The maximum Gasteiger partial charge on any atom is 0.274 e. The number of amides is 2. The van der Waals surface area contributed by atoms with Crippen molar-refractivity contribution in [3.8, 4) is 17.0 Å². The molecule has 0 fully saturated rings. The Morgan fingerprint density at radius 2 is 2.03 bits per heavy atom. The fourth-order valence-electron chi connectivity index (χ4n) is 5.28. The van der Waals surface area contributed by atoms with Gasteiger partial charge in [-0.1, -0.05) is 31.2 Å². The van der Waals surface area contributed by atoms with Crippen molar-refractivity contribution in [1.29, 1.82) is 0 Å². The molecule has 6 rings (SSSR count). The summed E-state index contributed by atoms with van der Waals surface area (Å²) in [6, 6.07) is 13.1. The van der Waals surface area contributed by atoms with Crippen molar-refractivity contribution in [1.82, 2.24) is 19.5 Å². The Labute approximate surface area is 218 Å². The second kappa shape index (κ2) is 9.09.